The molecule has 3 rings (SSSR count). The highest BCUT2D eigenvalue weighted by atomic mass is 32.2. The molecule has 0 spiro atoms. The maximum atomic E-state index is 12.5. The van der Waals surface area contributed by atoms with E-state index in [1.807, 2.05) is 6.07 Å². The Balaban J connectivity index is 1.74. The first kappa shape index (κ1) is 18.0. The topological polar surface area (TPSA) is 54.5 Å². The Morgan fingerprint density at radius 1 is 1.16 bits per heavy atom. The number of hydrogen-bond donors (Lipinski definition) is 0. The van der Waals surface area contributed by atoms with E-state index in [9.17, 15) is 13.2 Å². The van der Waals surface area contributed by atoms with E-state index in [1.165, 1.54) is 21.7 Å². The first-order chi connectivity index (χ1) is 11.8. The highest BCUT2D eigenvalue weighted by molar-refractivity contribution is 8.00. The number of sulfonamides is 1. The first-order valence-electron chi connectivity index (χ1n) is 8.09. The summed E-state index contributed by atoms with van der Waals surface area (Å²) < 4.78 is 25.0. The molecule has 0 N–H and O–H groups in total. The van der Waals surface area contributed by atoms with Crippen LogP contribution in [-0.2, 0) is 16.4 Å². The van der Waals surface area contributed by atoms with Crippen LogP contribution in [0.3, 0.4) is 0 Å². The summed E-state index contributed by atoms with van der Waals surface area (Å²) in [6, 6.07) is 11.5. The van der Waals surface area contributed by atoms with Crippen LogP contribution in [-0.4, -0.2) is 32.8 Å². The van der Waals surface area contributed by atoms with Gasteiger partial charge in [0, 0.05) is 17.0 Å². The molecule has 0 saturated heterocycles. The van der Waals surface area contributed by atoms with Crippen molar-refractivity contribution in [2.45, 2.75) is 25.2 Å². The zero-order valence-electron chi connectivity index (χ0n) is 14.6. The molecule has 2 aromatic carbocycles. The molecular weight excluding hydrogens is 354 g/mol. The van der Waals surface area contributed by atoms with Gasteiger partial charge in [-0.2, -0.15) is 0 Å². The van der Waals surface area contributed by atoms with Gasteiger partial charge in [-0.1, -0.05) is 17.7 Å². The lowest BCUT2D eigenvalue weighted by Gasteiger charge is -2.16. The molecule has 0 aliphatic carbocycles. The average molecular weight is 376 g/mol. The Morgan fingerprint density at radius 3 is 2.60 bits per heavy atom. The monoisotopic (exact) mass is 375 g/mol. The van der Waals surface area contributed by atoms with Crippen LogP contribution in [0.25, 0.3) is 0 Å². The van der Waals surface area contributed by atoms with Gasteiger partial charge in [-0.25, -0.2) is 8.42 Å². The van der Waals surface area contributed by atoms with Gasteiger partial charge in [0.15, 0.2) is 5.78 Å². The largest absolute Gasteiger partial charge is 0.293 e. The van der Waals surface area contributed by atoms with Crippen LogP contribution in [0.15, 0.2) is 41.3 Å². The van der Waals surface area contributed by atoms with Crippen molar-refractivity contribution in [1.29, 1.82) is 0 Å². The molecular formula is C19H21NO3S2. The first-order valence-corrected chi connectivity index (χ1v) is 10.9. The van der Waals surface area contributed by atoms with E-state index < -0.39 is 10.0 Å². The maximum Gasteiger partial charge on any atom is 0.232 e. The summed E-state index contributed by atoms with van der Waals surface area (Å²) in [5.74, 6) is 0.434. The number of carbonyl (C=O) groups excluding carboxylic acids is 1. The van der Waals surface area contributed by atoms with E-state index in [4.69, 9.17) is 0 Å². The highest BCUT2D eigenvalue weighted by Crippen LogP contribution is 2.31. The van der Waals surface area contributed by atoms with E-state index in [1.54, 1.807) is 23.9 Å². The molecule has 0 saturated carbocycles. The fraction of sp³-hybridized carbons (Fsp3) is 0.316. The molecule has 0 unspecified atom stereocenters. The molecule has 1 aliphatic rings. The van der Waals surface area contributed by atoms with Crippen LogP contribution in [0, 0.1) is 13.8 Å². The summed E-state index contributed by atoms with van der Waals surface area (Å²) in [7, 11) is -3.26. The van der Waals surface area contributed by atoms with Crippen LogP contribution in [0.2, 0.25) is 0 Å². The SMILES string of the molecule is Cc1ccc(SCC(=O)c2ccc3c(c2)CCN3S(C)(=O)=O)c(C)c1. The third-order valence-electron chi connectivity index (χ3n) is 4.34. The number of fused-ring (bicyclic) bond motifs is 1. The lowest BCUT2D eigenvalue weighted by Crippen LogP contribution is -2.27. The van der Waals surface area contributed by atoms with Crippen molar-refractivity contribution < 1.29 is 13.2 Å². The van der Waals surface area contributed by atoms with Crippen molar-refractivity contribution in [1.82, 2.24) is 0 Å². The minimum atomic E-state index is -3.26. The van der Waals surface area contributed by atoms with Crippen LogP contribution in [0.4, 0.5) is 5.69 Å². The number of ketones is 1. The summed E-state index contributed by atoms with van der Waals surface area (Å²) in [4.78, 5) is 13.6. The van der Waals surface area contributed by atoms with E-state index in [0.29, 0.717) is 30.0 Å². The van der Waals surface area contributed by atoms with Gasteiger partial charge < -0.3 is 0 Å². The van der Waals surface area contributed by atoms with Crippen molar-refractivity contribution in [3.05, 3.63) is 58.7 Å². The van der Waals surface area contributed by atoms with Gasteiger partial charge in [0.1, 0.15) is 0 Å². The Morgan fingerprint density at radius 2 is 1.92 bits per heavy atom. The standard InChI is InChI=1S/C19H21NO3S2/c1-13-4-7-19(14(2)10-13)24-12-18(21)16-5-6-17-15(11-16)8-9-20(17)25(3,22)23/h4-7,10-11H,8-9,12H2,1-3H3. The van der Waals surface area contributed by atoms with Crippen molar-refractivity contribution in [2.75, 3.05) is 22.9 Å². The number of thioether (sulfide) groups is 1. The quantitative estimate of drug-likeness (QED) is 0.592. The fourth-order valence-corrected chi connectivity index (χ4v) is 4.94. The predicted molar refractivity (Wildman–Crippen MR) is 103 cm³/mol. The van der Waals surface area contributed by atoms with Gasteiger partial charge in [-0.15, -0.1) is 11.8 Å². The number of aryl methyl sites for hydroxylation is 2. The number of anilines is 1. The van der Waals surface area contributed by atoms with Crippen LogP contribution in [0.5, 0.6) is 0 Å². The Labute approximate surface area is 153 Å². The average Bonchev–Trinajstić information content (AvgIpc) is 2.97. The van der Waals surface area contributed by atoms with Gasteiger partial charge in [-0.3, -0.25) is 9.10 Å². The number of carbonyl (C=O) groups is 1. The second-order valence-electron chi connectivity index (χ2n) is 6.41. The molecule has 25 heavy (non-hydrogen) atoms. The zero-order chi connectivity index (χ0) is 18.2. The van der Waals surface area contributed by atoms with E-state index in [-0.39, 0.29) is 5.78 Å². The molecule has 6 heteroatoms. The Kier molecular flexibility index (Phi) is 4.93. The molecule has 0 bridgehead atoms. The summed E-state index contributed by atoms with van der Waals surface area (Å²) in [6.45, 7) is 4.55. The highest BCUT2D eigenvalue weighted by Gasteiger charge is 2.26. The second kappa shape index (κ2) is 6.84. The number of nitrogens with zero attached hydrogens (tertiary/aromatic N) is 1. The van der Waals surface area contributed by atoms with Crippen molar-refractivity contribution in [3.63, 3.8) is 0 Å². The summed E-state index contributed by atoms with van der Waals surface area (Å²) in [5, 5.41) is 0. The van der Waals surface area contributed by atoms with Crippen molar-refractivity contribution in [2.24, 2.45) is 0 Å². The van der Waals surface area contributed by atoms with Gasteiger partial charge in [0.05, 0.1) is 17.7 Å². The van der Waals surface area contributed by atoms with Gasteiger partial charge in [-0.05, 0) is 55.7 Å². The number of rotatable bonds is 5. The van der Waals surface area contributed by atoms with Gasteiger partial charge in [0.25, 0.3) is 0 Å². The number of hydrogen-bond acceptors (Lipinski definition) is 4. The minimum absolute atomic E-state index is 0.0607. The van der Waals surface area contributed by atoms with Gasteiger partial charge in [0.2, 0.25) is 10.0 Å². The number of Topliss-reactive ketones (excluding diaryl/α,β-unsaturated/α-hetero) is 1. The minimum Gasteiger partial charge on any atom is -0.293 e. The molecule has 1 heterocycles. The fourth-order valence-electron chi connectivity index (χ4n) is 3.08. The van der Waals surface area contributed by atoms with E-state index >= 15 is 0 Å². The van der Waals surface area contributed by atoms with Gasteiger partial charge >= 0.3 is 0 Å². The summed E-state index contributed by atoms with van der Waals surface area (Å²) in [5.41, 5.74) is 4.65. The zero-order valence-corrected chi connectivity index (χ0v) is 16.2. The Hall–Kier alpha value is -1.79. The molecule has 0 atom stereocenters. The summed E-state index contributed by atoms with van der Waals surface area (Å²) >= 11 is 1.54. The van der Waals surface area contributed by atoms with E-state index in [2.05, 4.69) is 32.0 Å². The van der Waals surface area contributed by atoms with Crippen molar-refractivity contribution in [3.8, 4) is 0 Å². The molecule has 0 aromatic heterocycles. The third kappa shape index (κ3) is 3.90. The molecule has 2 aromatic rings. The van der Waals surface area contributed by atoms with Crippen LogP contribution >= 0.6 is 11.8 Å². The predicted octanol–water partition coefficient (Wildman–Crippen LogP) is 3.60. The van der Waals surface area contributed by atoms with E-state index in [0.717, 1.165) is 10.5 Å². The smallest absolute Gasteiger partial charge is 0.232 e. The molecule has 132 valence electrons. The summed E-state index contributed by atoms with van der Waals surface area (Å²) in [6.07, 6.45) is 1.86. The number of benzene rings is 2. The molecule has 4 nitrogen and oxygen atoms in total. The molecule has 0 fully saturated rings. The molecule has 0 amide bonds. The second-order valence-corrected chi connectivity index (χ2v) is 9.33. The lowest BCUT2D eigenvalue weighted by molar-refractivity contribution is 0.102. The Bertz CT molecular complexity index is 936. The lowest BCUT2D eigenvalue weighted by atomic mass is 10.1. The maximum absolute atomic E-state index is 12.5. The van der Waals surface area contributed by atoms with Crippen LogP contribution < -0.4 is 4.31 Å². The normalized spacial score (nSPS) is 13.8. The third-order valence-corrected chi connectivity index (χ3v) is 6.70. The molecule has 0 radical (unpaired) electrons. The van der Waals surface area contributed by atoms with Crippen molar-refractivity contribution >= 4 is 33.3 Å². The van der Waals surface area contributed by atoms with Crippen LogP contribution in [0.1, 0.15) is 27.0 Å². The molecule has 1 aliphatic heterocycles.